The summed E-state index contributed by atoms with van der Waals surface area (Å²) in [6, 6.07) is 9.93. The first kappa shape index (κ1) is 19.9. The van der Waals surface area contributed by atoms with Crippen molar-refractivity contribution in [1.29, 1.82) is 5.26 Å². The summed E-state index contributed by atoms with van der Waals surface area (Å²) in [5, 5.41) is 9.11. The van der Waals surface area contributed by atoms with Crippen molar-refractivity contribution in [3.63, 3.8) is 0 Å². The molecule has 1 aromatic rings. The number of hydrogen-bond donors (Lipinski definition) is 0. The molecule has 5 rings (SSSR count). The van der Waals surface area contributed by atoms with E-state index in [1.165, 1.54) is 19.3 Å². The lowest BCUT2D eigenvalue weighted by Gasteiger charge is -2.60. The highest BCUT2D eigenvalue weighted by Gasteiger charge is 2.54. The monoisotopic (exact) mass is 394 g/mol. The SMILES string of the molecule is Cc1ccc(CC(=O)OCC(=O)N(CCC#N)C23CC4CC(CC(C4)C2)C3)cc1. The largest absolute Gasteiger partial charge is 0.455 e. The van der Waals surface area contributed by atoms with Gasteiger partial charge in [-0.15, -0.1) is 0 Å². The summed E-state index contributed by atoms with van der Waals surface area (Å²) in [6.07, 6.45) is 7.53. The third-order valence-electron chi connectivity index (χ3n) is 7.15. The van der Waals surface area contributed by atoms with E-state index in [1.807, 2.05) is 36.1 Å². The van der Waals surface area contributed by atoms with Gasteiger partial charge in [0.25, 0.3) is 5.91 Å². The van der Waals surface area contributed by atoms with Crippen LogP contribution < -0.4 is 0 Å². The highest BCUT2D eigenvalue weighted by atomic mass is 16.5. The molecule has 1 aromatic carbocycles. The number of nitrogens with zero attached hydrogens (tertiary/aromatic N) is 2. The number of ether oxygens (including phenoxy) is 1. The summed E-state index contributed by atoms with van der Waals surface area (Å²) in [4.78, 5) is 27.3. The molecule has 4 fully saturated rings. The van der Waals surface area contributed by atoms with E-state index in [4.69, 9.17) is 10.00 Å². The average Bonchev–Trinajstić information content (AvgIpc) is 2.67. The summed E-state index contributed by atoms with van der Waals surface area (Å²) in [7, 11) is 0. The van der Waals surface area contributed by atoms with Crippen LogP contribution in [0.1, 0.15) is 56.1 Å². The quantitative estimate of drug-likeness (QED) is 0.660. The number of amides is 1. The number of benzene rings is 1. The molecule has 29 heavy (non-hydrogen) atoms. The molecular formula is C24H30N2O3. The highest BCUT2D eigenvalue weighted by molar-refractivity contribution is 5.82. The standard InChI is InChI=1S/C24H30N2O3/c1-17-3-5-18(6-4-17)12-23(28)29-16-22(27)26(8-2-7-25)24-13-19-9-20(14-24)11-21(10-19)15-24/h3-6,19-21H,2,8-16H2,1H3. The molecule has 0 saturated heterocycles. The zero-order valence-corrected chi connectivity index (χ0v) is 17.2. The van der Waals surface area contributed by atoms with Crippen molar-refractivity contribution in [3.8, 4) is 6.07 Å². The zero-order valence-electron chi connectivity index (χ0n) is 17.2. The number of carbonyl (C=O) groups excluding carboxylic acids is 2. The summed E-state index contributed by atoms with van der Waals surface area (Å²) >= 11 is 0. The van der Waals surface area contributed by atoms with Gasteiger partial charge in [-0.3, -0.25) is 9.59 Å². The number of carbonyl (C=O) groups is 2. The molecule has 5 heteroatoms. The van der Waals surface area contributed by atoms with E-state index in [0.29, 0.717) is 30.7 Å². The number of hydrogen-bond acceptors (Lipinski definition) is 4. The molecule has 0 heterocycles. The Morgan fingerprint density at radius 1 is 1.10 bits per heavy atom. The molecule has 5 nitrogen and oxygen atoms in total. The van der Waals surface area contributed by atoms with Gasteiger partial charge in [-0.1, -0.05) is 29.8 Å². The lowest BCUT2D eigenvalue weighted by molar-refractivity contribution is -0.162. The van der Waals surface area contributed by atoms with Crippen LogP contribution in [0, 0.1) is 36.0 Å². The Labute approximate surface area is 173 Å². The van der Waals surface area contributed by atoms with Crippen molar-refractivity contribution in [2.24, 2.45) is 17.8 Å². The zero-order chi connectivity index (χ0) is 20.4. The first-order chi connectivity index (χ1) is 14.0. The molecular weight excluding hydrogens is 364 g/mol. The smallest absolute Gasteiger partial charge is 0.310 e. The first-order valence-corrected chi connectivity index (χ1v) is 10.9. The van der Waals surface area contributed by atoms with Gasteiger partial charge in [-0.05, 0) is 68.8 Å². The molecule has 1 amide bonds. The van der Waals surface area contributed by atoms with Crippen LogP contribution in [0.5, 0.6) is 0 Å². The van der Waals surface area contributed by atoms with E-state index in [9.17, 15) is 9.59 Å². The van der Waals surface area contributed by atoms with Gasteiger partial charge >= 0.3 is 5.97 Å². The summed E-state index contributed by atoms with van der Waals surface area (Å²) < 4.78 is 5.35. The Balaban J connectivity index is 1.39. The van der Waals surface area contributed by atoms with E-state index in [-0.39, 0.29) is 30.4 Å². The van der Waals surface area contributed by atoms with E-state index in [1.54, 1.807) is 0 Å². The van der Waals surface area contributed by atoms with Gasteiger partial charge in [0, 0.05) is 12.1 Å². The summed E-state index contributed by atoms with van der Waals surface area (Å²) in [6.45, 7) is 2.22. The summed E-state index contributed by atoms with van der Waals surface area (Å²) in [5.41, 5.74) is 1.91. The summed E-state index contributed by atoms with van der Waals surface area (Å²) in [5.74, 6) is 1.61. The predicted molar refractivity (Wildman–Crippen MR) is 109 cm³/mol. The maximum atomic E-state index is 13.1. The van der Waals surface area contributed by atoms with Crippen molar-refractivity contribution in [3.05, 3.63) is 35.4 Å². The fraction of sp³-hybridized carbons (Fsp3) is 0.625. The van der Waals surface area contributed by atoms with Gasteiger partial charge in [-0.2, -0.15) is 5.26 Å². The van der Waals surface area contributed by atoms with Crippen molar-refractivity contribution in [1.82, 2.24) is 4.90 Å². The second-order valence-corrected chi connectivity index (χ2v) is 9.42. The molecule has 4 aliphatic rings. The van der Waals surface area contributed by atoms with Gasteiger partial charge in [0.2, 0.25) is 0 Å². The van der Waals surface area contributed by atoms with Crippen molar-refractivity contribution < 1.29 is 14.3 Å². The maximum absolute atomic E-state index is 13.1. The van der Waals surface area contributed by atoms with Crippen LogP contribution in [-0.2, 0) is 20.7 Å². The third kappa shape index (κ3) is 4.32. The molecule has 0 aliphatic heterocycles. The van der Waals surface area contributed by atoms with E-state index in [0.717, 1.165) is 30.4 Å². The minimum atomic E-state index is -0.382. The maximum Gasteiger partial charge on any atom is 0.310 e. The van der Waals surface area contributed by atoms with Gasteiger partial charge in [-0.25, -0.2) is 0 Å². The van der Waals surface area contributed by atoms with Crippen LogP contribution >= 0.6 is 0 Å². The van der Waals surface area contributed by atoms with Crippen molar-refractivity contribution in [2.75, 3.05) is 13.2 Å². The molecule has 4 aliphatic carbocycles. The van der Waals surface area contributed by atoms with Gasteiger partial charge in [0.15, 0.2) is 6.61 Å². The van der Waals surface area contributed by atoms with Crippen molar-refractivity contribution in [2.45, 2.75) is 63.8 Å². The van der Waals surface area contributed by atoms with Crippen LogP contribution in [0.4, 0.5) is 0 Å². The van der Waals surface area contributed by atoms with E-state index < -0.39 is 0 Å². The third-order valence-corrected chi connectivity index (χ3v) is 7.15. The minimum absolute atomic E-state index is 0.119. The molecule has 0 aromatic heterocycles. The Morgan fingerprint density at radius 2 is 1.69 bits per heavy atom. The molecule has 0 unspecified atom stereocenters. The lowest BCUT2D eigenvalue weighted by Crippen LogP contribution is -2.62. The number of rotatable bonds is 7. The molecule has 154 valence electrons. The van der Waals surface area contributed by atoms with Gasteiger partial charge < -0.3 is 9.64 Å². The fourth-order valence-electron chi connectivity index (χ4n) is 6.33. The molecule has 4 bridgehead atoms. The average molecular weight is 395 g/mol. The van der Waals surface area contributed by atoms with Crippen LogP contribution in [0.15, 0.2) is 24.3 Å². The van der Waals surface area contributed by atoms with Gasteiger partial charge in [0.05, 0.1) is 18.9 Å². The van der Waals surface area contributed by atoms with Gasteiger partial charge in [0.1, 0.15) is 0 Å². The van der Waals surface area contributed by atoms with E-state index >= 15 is 0 Å². The fourth-order valence-corrected chi connectivity index (χ4v) is 6.33. The molecule has 0 N–H and O–H groups in total. The van der Waals surface area contributed by atoms with Crippen LogP contribution in [-0.4, -0.2) is 35.5 Å². The number of esters is 1. The number of nitriles is 1. The topological polar surface area (TPSA) is 70.4 Å². The number of aryl methyl sites for hydroxylation is 1. The Hall–Kier alpha value is -2.35. The second kappa shape index (κ2) is 8.18. The van der Waals surface area contributed by atoms with Crippen LogP contribution in [0.3, 0.4) is 0 Å². The molecule has 4 saturated carbocycles. The molecule has 0 radical (unpaired) electrons. The molecule has 0 atom stereocenters. The Bertz CT molecular complexity index is 773. The lowest BCUT2D eigenvalue weighted by atomic mass is 9.52. The normalized spacial score (nSPS) is 29.3. The molecule has 0 spiro atoms. The Morgan fingerprint density at radius 3 is 2.24 bits per heavy atom. The van der Waals surface area contributed by atoms with E-state index in [2.05, 4.69) is 6.07 Å². The predicted octanol–water partition coefficient (Wildman–Crippen LogP) is 3.79. The Kier molecular flexibility index (Phi) is 5.63. The minimum Gasteiger partial charge on any atom is -0.455 e. The highest BCUT2D eigenvalue weighted by Crippen LogP contribution is 2.57. The first-order valence-electron chi connectivity index (χ1n) is 10.9. The van der Waals surface area contributed by atoms with Crippen molar-refractivity contribution >= 4 is 11.9 Å². The van der Waals surface area contributed by atoms with Crippen LogP contribution in [0.2, 0.25) is 0 Å². The van der Waals surface area contributed by atoms with Crippen LogP contribution in [0.25, 0.3) is 0 Å². The second-order valence-electron chi connectivity index (χ2n) is 9.42.